The number of hydrogen-bond acceptors (Lipinski definition) is 6. The van der Waals surface area contributed by atoms with Crippen LogP contribution in [0.2, 0.25) is 0 Å². The number of hydrogen-bond donors (Lipinski definition) is 2. The zero-order valence-electron chi connectivity index (χ0n) is 10.5. The highest BCUT2D eigenvalue weighted by atomic mass is 79.9. The Kier molecular flexibility index (Phi) is 4.21. The summed E-state index contributed by atoms with van der Waals surface area (Å²) in [6.45, 7) is 0. The molecule has 7 nitrogen and oxygen atoms in total. The maximum atomic E-state index is 12.6. The summed E-state index contributed by atoms with van der Waals surface area (Å²) >= 11 is 3.20. The minimum absolute atomic E-state index is 0.0271. The summed E-state index contributed by atoms with van der Waals surface area (Å²) in [5.41, 5.74) is 2.72. The number of anilines is 2. The minimum Gasteiger partial charge on any atom is -0.307 e. The first-order chi connectivity index (χ1) is 9.46. The molecule has 0 saturated carbocycles. The number of nitrogens with zero attached hydrogens (tertiary/aromatic N) is 3. The Balaban J connectivity index is 2.53. The van der Waals surface area contributed by atoms with Crippen LogP contribution in [-0.2, 0) is 10.0 Å². The number of sulfonamides is 1. The van der Waals surface area contributed by atoms with E-state index in [1.807, 2.05) is 0 Å². The average Bonchev–Trinajstić information content (AvgIpc) is 2.47. The molecule has 20 heavy (non-hydrogen) atoms. The highest BCUT2D eigenvalue weighted by Crippen LogP contribution is 2.27. The van der Waals surface area contributed by atoms with E-state index in [2.05, 4.69) is 31.3 Å². The summed E-state index contributed by atoms with van der Waals surface area (Å²) in [5.74, 6) is 5.39. The average molecular weight is 358 g/mol. The number of rotatable bonds is 4. The number of hydrazine groups is 1. The van der Waals surface area contributed by atoms with Crippen molar-refractivity contribution in [1.29, 1.82) is 0 Å². The van der Waals surface area contributed by atoms with Crippen LogP contribution in [0.25, 0.3) is 0 Å². The summed E-state index contributed by atoms with van der Waals surface area (Å²) < 4.78 is 26.9. The largest absolute Gasteiger partial charge is 0.307 e. The van der Waals surface area contributed by atoms with E-state index >= 15 is 0 Å². The number of nitrogens with one attached hydrogen (secondary N) is 1. The van der Waals surface area contributed by atoms with Crippen LogP contribution in [0, 0.1) is 0 Å². The van der Waals surface area contributed by atoms with E-state index in [9.17, 15) is 8.42 Å². The van der Waals surface area contributed by atoms with E-state index in [0.29, 0.717) is 10.2 Å². The van der Waals surface area contributed by atoms with Crippen LogP contribution in [-0.4, -0.2) is 25.4 Å². The van der Waals surface area contributed by atoms with Gasteiger partial charge in [-0.05, 0) is 34.1 Å². The zero-order chi connectivity index (χ0) is 14.8. The molecule has 0 saturated heterocycles. The first-order valence-electron chi connectivity index (χ1n) is 5.48. The Morgan fingerprint density at radius 3 is 2.75 bits per heavy atom. The molecule has 2 aromatic heterocycles. The van der Waals surface area contributed by atoms with Gasteiger partial charge in [-0.3, -0.25) is 9.29 Å². The minimum atomic E-state index is -3.80. The molecule has 2 rings (SSSR count). The quantitative estimate of drug-likeness (QED) is 0.632. The second-order valence-electron chi connectivity index (χ2n) is 3.83. The first kappa shape index (κ1) is 14.7. The Labute approximate surface area is 125 Å². The fraction of sp³-hybridized carbons (Fsp3) is 0.0909. The Morgan fingerprint density at radius 1 is 1.40 bits per heavy atom. The Hall–Kier alpha value is -1.71. The lowest BCUT2D eigenvalue weighted by Gasteiger charge is -2.20. The number of aromatic nitrogens is 2. The molecule has 9 heteroatoms. The molecule has 0 unspecified atom stereocenters. The van der Waals surface area contributed by atoms with Gasteiger partial charge in [0, 0.05) is 23.9 Å². The molecule has 3 N–H and O–H groups in total. The highest BCUT2D eigenvalue weighted by Gasteiger charge is 2.25. The van der Waals surface area contributed by atoms with Crippen LogP contribution in [0.4, 0.5) is 11.5 Å². The van der Waals surface area contributed by atoms with Gasteiger partial charge in [0.15, 0.2) is 5.82 Å². The summed E-state index contributed by atoms with van der Waals surface area (Å²) in [4.78, 5) is 7.81. The number of nitrogens with two attached hydrogens (primary N) is 1. The Morgan fingerprint density at radius 2 is 2.15 bits per heavy atom. The van der Waals surface area contributed by atoms with Crippen LogP contribution in [0.5, 0.6) is 0 Å². The van der Waals surface area contributed by atoms with Gasteiger partial charge >= 0.3 is 0 Å². The van der Waals surface area contributed by atoms with Crippen molar-refractivity contribution >= 4 is 37.5 Å². The molecule has 2 aromatic rings. The normalized spacial score (nSPS) is 11.2. The van der Waals surface area contributed by atoms with Gasteiger partial charge in [0.25, 0.3) is 10.0 Å². The van der Waals surface area contributed by atoms with Crippen molar-refractivity contribution in [2.45, 2.75) is 4.90 Å². The molecule has 0 aliphatic carbocycles. The van der Waals surface area contributed by atoms with Crippen molar-refractivity contribution in [3.8, 4) is 0 Å². The molecule has 0 fully saturated rings. The van der Waals surface area contributed by atoms with E-state index in [4.69, 9.17) is 5.84 Å². The molecule has 0 aliphatic heterocycles. The lowest BCUT2D eigenvalue weighted by molar-refractivity contribution is 0.594. The third-order valence-electron chi connectivity index (χ3n) is 2.60. The van der Waals surface area contributed by atoms with Gasteiger partial charge in [-0.2, -0.15) is 0 Å². The monoisotopic (exact) mass is 357 g/mol. The van der Waals surface area contributed by atoms with Gasteiger partial charge in [0.2, 0.25) is 0 Å². The molecular formula is C11H12BrN5O2S. The second-order valence-corrected chi connectivity index (χ2v) is 6.68. The van der Waals surface area contributed by atoms with Crippen molar-refractivity contribution in [1.82, 2.24) is 9.97 Å². The molecule has 0 radical (unpaired) electrons. The smallest absolute Gasteiger partial charge is 0.267 e. The van der Waals surface area contributed by atoms with Crippen molar-refractivity contribution in [2.75, 3.05) is 16.8 Å². The molecular weight excluding hydrogens is 346 g/mol. The van der Waals surface area contributed by atoms with Crippen molar-refractivity contribution < 1.29 is 8.42 Å². The lowest BCUT2D eigenvalue weighted by Crippen LogP contribution is -2.28. The third-order valence-corrected chi connectivity index (χ3v) is 4.84. The summed E-state index contributed by atoms with van der Waals surface area (Å²) in [5, 5.41) is 0. The maximum absolute atomic E-state index is 12.6. The fourth-order valence-electron chi connectivity index (χ4n) is 1.55. The zero-order valence-corrected chi connectivity index (χ0v) is 12.9. The Bertz CT molecular complexity index is 708. The molecule has 0 aromatic carbocycles. The molecule has 0 bridgehead atoms. The van der Waals surface area contributed by atoms with Gasteiger partial charge in [-0.15, -0.1) is 0 Å². The van der Waals surface area contributed by atoms with E-state index in [1.54, 1.807) is 18.3 Å². The predicted molar refractivity (Wildman–Crippen MR) is 79.6 cm³/mol. The fourth-order valence-corrected chi connectivity index (χ4v) is 3.35. The number of pyridine rings is 2. The molecule has 2 heterocycles. The van der Waals surface area contributed by atoms with E-state index in [1.165, 1.54) is 25.5 Å². The standard InChI is InChI=1S/C11H12BrN5O2S/c1-17(9-3-2-4-14-7-9)20(18,19)10-5-8(12)6-15-11(10)16-13/h2-7H,13H2,1H3,(H,15,16). The second kappa shape index (κ2) is 5.73. The summed E-state index contributed by atoms with van der Waals surface area (Å²) in [7, 11) is -2.36. The highest BCUT2D eigenvalue weighted by molar-refractivity contribution is 9.10. The molecule has 106 valence electrons. The SMILES string of the molecule is CN(c1cccnc1)S(=O)(=O)c1cc(Br)cnc1NN. The van der Waals surface area contributed by atoms with E-state index in [0.717, 1.165) is 4.31 Å². The van der Waals surface area contributed by atoms with Gasteiger partial charge in [0.1, 0.15) is 4.90 Å². The molecule has 0 aliphatic rings. The van der Waals surface area contributed by atoms with Gasteiger partial charge in [-0.25, -0.2) is 19.2 Å². The first-order valence-corrected chi connectivity index (χ1v) is 7.71. The topological polar surface area (TPSA) is 101 Å². The maximum Gasteiger partial charge on any atom is 0.267 e. The number of halogens is 1. The van der Waals surface area contributed by atoms with E-state index in [-0.39, 0.29) is 10.7 Å². The molecule has 0 atom stereocenters. The van der Waals surface area contributed by atoms with E-state index < -0.39 is 10.0 Å². The predicted octanol–water partition coefficient (Wildman–Crippen LogP) is 1.35. The molecule has 0 spiro atoms. The lowest BCUT2D eigenvalue weighted by atomic mass is 10.4. The van der Waals surface area contributed by atoms with Crippen molar-refractivity contribution in [3.63, 3.8) is 0 Å². The van der Waals surface area contributed by atoms with Crippen molar-refractivity contribution in [2.24, 2.45) is 5.84 Å². The van der Waals surface area contributed by atoms with Crippen LogP contribution in [0.15, 0.2) is 46.2 Å². The van der Waals surface area contributed by atoms with Crippen LogP contribution in [0.3, 0.4) is 0 Å². The molecule has 0 amide bonds. The van der Waals surface area contributed by atoms with Crippen molar-refractivity contribution in [3.05, 3.63) is 41.3 Å². The summed E-state index contributed by atoms with van der Waals surface area (Å²) in [6, 6.07) is 4.73. The number of nitrogen functional groups attached to an aromatic ring is 1. The van der Waals surface area contributed by atoms with Gasteiger partial charge in [-0.1, -0.05) is 0 Å². The van der Waals surface area contributed by atoms with Crippen LogP contribution >= 0.6 is 15.9 Å². The van der Waals surface area contributed by atoms with Gasteiger partial charge < -0.3 is 5.43 Å². The van der Waals surface area contributed by atoms with Gasteiger partial charge in [0.05, 0.1) is 11.9 Å². The third kappa shape index (κ3) is 2.74. The van der Waals surface area contributed by atoms with Crippen LogP contribution in [0.1, 0.15) is 0 Å². The van der Waals surface area contributed by atoms with Crippen LogP contribution < -0.4 is 15.6 Å². The summed E-state index contributed by atoms with van der Waals surface area (Å²) in [6.07, 6.45) is 4.48.